The van der Waals surface area contributed by atoms with E-state index in [1.807, 2.05) is 42.5 Å². The summed E-state index contributed by atoms with van der Waals surface area (Å²) in [5.74, 6) is -0.0504. The van der Waals surface area contributed by atoms with Gasteiger partial charge in [-0.25, -0.2) is 8.42 Å². The van der Waals surface area contributed by atoms with Gasteiger partial charge in [0.2, 0.25) is 15.9 Å². The van der Waals surface area contributed by atoms with Crippen molar-refractivity contribution in [3.63, 3.8) is 0 Å². The Hall–Kier alpha value is -2.18. The molecule has 3 rings (SSSR count). The van der Waals surface area contributed by atoms with E-state index < -0.39 is 10.0 Å². The van der Waals surface area contributed by atoms with Gasteiger partial charge >= 0.3 is 0 Å². The minimum Gasteiger partial charge on any atom is -0.352 e. The van der Waals surface area contributed by atoms with Crippen molar-refractivity contribution in [3.05, 3.63) is 65.7 Å². The van der Waals surface area contributed by atoms with E-state index in [0.29, 0.717) is 36.7 Å². The van der Waals surface area contributed by atoms with Gasteiger partial charge in [-0.1, -0.05) is 56.3 Å². The van der Waals surface area contributed by atoms with E-state index in [0.717, 1.165) is 11.1 Å². The Labute approximate surface area is 167 Å². The lowest BCUT2D eigenvalue weighted by atomic mass is 9.99. The van der Waals surface area contributed by atoms with Crippen molar-refractivity contribution >= 4 is 15.9 Å². The number of piperidine rings is 1. The Kier molecular flexibility index (Phi) is 6.52. The molecule has 1 amide bonds. The minimum absolute atomic E-state index is 0.0843. The second-order valence-corrected chi connectivity index (χ2v) is 9.57. The van der Waals surface area contributed by atoms with E-state index in [2.05, 4.69) is 19.2 Å². The number of hydrogen-bond acceptors (Lipinski definition) is 3. The van der Waals surface area contributed by atoms with Crippen LogP contribution in [-0.2, 0) is 21.4 Å². The molecule has 1 saturated heterocycles. The van der Waals surface area contributed by atoms with Gasteiger partial charge in [-0.3, -0.25) is 4.79 Å². The zero-order valence-corrected chi connectivity index (χ0v) is 17.3. The third kappa shape index (κ3) is 4.80. The highest BCUT2D eigenvalue weighted by atomic mass is 32.2. The summed E-state index contributed by atoms with van der Waals surface area (Å²) < 4.78 is 27.5. The molecule has 1 N–H and O–H groups in total. The first-order chi connectivity index (χ1) is 13.4. The van der Waals surface area contributed by atoms with Crippen molar-refractivity contribution in [2.45, 2.75) is 44.0 Å². The first-order valence-electron chi connectivity index (χ1n) is 9.79. The molecule has 150 valence electrons. The van der Waals surface area contributed by atoms with Crippen LogP contribution < -0.4 is 5.32 Å². The van der Waals surface area contributed by atoms with Gasteiger partial charge in [-0.05, 0) is 42.0 Å². The zero-order chi connectivity index (χ0) is 20.1. The van der Waals surface area contributed by atoms with Crippen LogP contribution in [0, 0.1) is 5.92 Å². The predicted molar refractivity (Wildman–Crippen MR) is 110 cm³/mol. The van der Waals surface area contributed by atoms with Crippen molar-refractivity contribution in [3.8, 4) is 0 Å². The second kappa shape index (κ2) is 8.88. The first-order valence-corrected chi connectivity index (χ1v) is 11.2. The number of amides is 1. The van der Waals surface area contributed by atoms with Crippen LogP contribution >= 0.6 is 0 Å². The Morgan fingerprint density at radius 3 is 2.43 bits per heavy atom. The number of benzene rings is 2. The highest BCUT2D eigenvalue weighted by Crippen LogP contribution is 2.25. The molecule has 2 aromatic rings. The Morgan fingerprint density at radius 1 is 1.11 bits per heavy atom. The summed E-state index contributed by atoms with van der Waals surface area (Å²) in [6.45, 7) is 5.30. The molecule has 6 heteroatoms. The van der Waals surface area contributed by atoms with E-state index in [9.17, 15) is 13.2 Å². The quantitative estimate of drug-likeness (QED) is 0.807. The van der Waals surface area contributed by atoms with E-state index in [1.54, 1.807) is 12.1 Å². The Balaban J connectivity index is 1.65. The molecular weight excluding hydrogens is 372 g/mol. The van der Waals surface area contributed by atoms with Crippen molar-refractivity contribution in [1.82, 2.24) is 9.62 Å². The summed E-state index contributed by atoms with van der Waals surface area (Å²) in [5, 5.41) is 2.94. The fourth-order valence-electron chi connectivity index (χ4n) is 3.48. The zero-order valence-electron chi connectivity index (χ0n) is 16.5. The van der Waals surface area contributed by atoms with Gasteiger partial charge in [0.25, 0.3) is 0 Å². The number of carbonyl (C=O) groups excluding carboxylic acids is 1. The predicted octanol–water partition coefficient (Wildman–Crippen LogP) is 3.53. The van der Waals surface area contributed by atoms with Gasteiger partial charge in [-0.2, -0.15) is 4.31 Å². The molecule has 0 saturated carbocycles. The standard InChI is InChI=1S/C22H28N2O3S/c1-17(2)19-10-12-21(13-11-19)28(26,27)24-14-6-9-20(16-24)22(25)23-15-18-7-4-3-5-8-18/h3-5,7-8,10-13,17,20H,6,9,14-16H2,1-2H3,(H,23,25)/t20-/m1/s1. The molecule has 28 heavy (non-hydrogen) atoms. The molecular formula is C22H28N2O3S. The third-order valence-corrected chi connectivity index (χ3v) is 7.13. The van der Waals surface area contributed by atoms with Gasteiger partial charge in [0.05, 0.1) is 10.8 Å². The highest BCUT2D eigenvalue weighted by Gasteiger charge is 2.33. The average Bonchev–Trinajstić information content (AvgIpc) is 2.73. The maximum atomic E-state index is 13.0. The third-order valence-electron chi connectivity index (χ3n) is 5.25. The van der Waals surface area contributed by atoms with Crippen LogP contribution in [0.3, 0.4) is 0 Å². The smallest absolute Gasteiger partial charge is 0.243 e. The Bertz CT molecular complexity index is 893. The maximum absolute atomic E-state index is 13.0. The molecule has 0 aromatic heterocycles. The van der Waals surface area contributed by atoms with Gasteiger partial charge in [0, 0.05) is 19.6 Å². The van der Waals surface area contributed by atoms with Gasteiger partial charge in [0.1, 0.15) is 0 Å². The van der Waals surface area contributed by atoms with Crippen molar-refractivity contribution in [1.29, 1.82) is 0 Å². The first kappa shape index (κ1) is 20.6. The van der Waals surface area contributed by atoms with Gasteiger partial charge < -0.3 is 5.32 Å². The van der Waals surface area contributed by atoms with Gasteiger partial charge in [0.15, 0.2) is 0 Å². The highest BCUT2D eigenvalue weighted by molar-refractivity contribution is 7.89. The van der Waals surface area contributed by atoms with Crippen molar-refractivity contribution in [2.75, 3.05) is 13.1 Å². The summed E-state index contributed by atoms with van der Waals surface area (Å²) in [5.41, 5.74) is 2.14. The molecule has 0 radical (unpaired) electrons. The maximum Gasteiger partial charge on any atom is 0.243 e. The fourth-order valence-corrected chi connectivity index (χ4v) is 5.00. The molecule has 0 spiro atoms. The van der Waals surface area contributed by atoms with Crippen LogP contribution in [0.1, 0.15) is 43.7 Å². The van der Waals surface area contributed by atoms with Crippen LogP contribution in [0.25, 0.3) is 0 Å². The summed E-state index contributed by atoms with van der Waals surface area (Å²) in [7, 11) is -3.58. The minimum atomic E-state index is -3.58. The number of rotatable bonds is 6. The number of nitrogens with one attached hydrogen (secondary N) is 1. The second-order valence-electron chi connectivity index (χ2n) is 7.63. The molecule has 1 heterocycles. The van der Waals surface area contributed by atoms with Crippen LogP contribution in [0.2, 0.25) is 0 Å². The van der Waals surface area contributed by atoms with Crippen LogP contribution in [0.4, 0.5) is 0 Å². The summed E-state index contributed by atoms with van der Waals surface area (Å²) in [4.78, 5) is 12.9. The number of hydrogen-bond donors (Lipinski definition) is 1. The molecule has 0 unspecified atom stereocenters. The van der Waals surface area contributed by atoms with E-state index in [4.69, 9.17) is 0 Å². The summed E-state index contributed by atoms with van der Waals surface area (Å²) >= 11 is 0. The van der Waals surface area contributed by atoms with Crippen LogP contribution in [0.15, 0.2) is 59.5 Å². The molecule has 1 aliphatic rings. The molecule has 5 nitrogen and oxygen atoms in total. The summed E-state index contributed by atoms with van der Waals surface area (Å²) in [6.07, 6.45) is 1.39. The largest absolute Gasteiger partial charge is 0.352 e. The molecule has 1 fully saturated rings. The molecule has 1 atom stereocenters. The molecule has 0 bridgehead atoms. The normalized spacial score (nSPS) is 18.2. The van der Waals surface area contributed by atoms with Crippen molar-refractivity contribution in [2.24, 2.45) is 5.92 Å². The lowest BCUT2D eigenvalue weighted by Gasteiger charge is -2.31. The monoisotopic (exact) mass is 400 g/mol. The fraction of sp³-hybridized carbons (Fsp3) is 0.409. The lowest BCUT2D eigenvalue weighted by molar-refractivity contribution is -0.126. The lowest BCUT2D eigenvalue weighted by Crippen LogP contribution is -2.45. The molecule has 2 aromatic carbocycles. The SMILES string of the molecule is CC(C)c1ccc(S(=O)(=O)N2CCC[C@@H](C(=O)NCc3ccccc3)C2)cc1. The van der Waals surface area contributed by atoms with E-state index in [1.165, 1.54) is 4.31 Å². The van der Waals surface area contributed by atoms with E-state index >= 15 is 0 Å². The van der Waals surface area contributed by atoms with Gasteiger partial charge in [-0.15, -0.1) is 0 Å². The molecule has 1 aliphatic heterocycles. The number of sulfonamides is 1. The van der Waals surface area contributed by atoms with Crippen LogP contribution in [-0.4, -0.2) is 31.7 Å². The summed E-state index contributed by atoms with van der Waals surface area (Å²) in [6, 6.07) is 16.8. The average molecular weight is 401 g/mol. The number of nitrogens with zero attached hydrogens (tertiary/aromatic N) is 1. The van der Waals surface area contributed by atoms with E-state index in [-0.39, 0.29) is 18.4 Å². The molecule has 0 aliphatic carbocycles. The van der Waals surface area contributed by atoms with Crippen molar-refractivity contribution < 1.29 is 13.2 Å². The Morgan fingerprint density at radius 2 is 1.79 bits per heavy atom. The van der Waals surface area contributed by atoms with Crippen LogP contribution in [0.5, 0.6) is 0 Å². The topological polar surface area (TPSA) is 66.5 Å². The number of carbonyl (C=O) groups is 1.